The van der Waals surface area contributed by atoms with E-state index in [2.05, 4.69) is 18.0 Å². The topological polar surface area (TPSA) is 41.9 Å². The molecule has 2 rings (SSSR count). The number of benzene rings is 1. The fourth-order valence-corrected chi connectivity index (χ4v) is 2.88. The Kier molecular flexibility index (Phi) is 5.26. The highest BCUT2D eigenvalue weighted by Gasteiger charge is 2.27. The number of rotatable bonds is 5. The average molecular weight is 279 g/mol. The molecule has 4 heteroatoms. The van der Waals surface area contributed by atoms with Gasteiger partial charge in [-0.15, -0.1) is 0 Å². The molecule has 1 aromatic carbocycles. The minimum atomic E-state index is -0.230. The van der Waals surface area contributed by atoms with Crippen LogP contribution in [-0.2, 0) is 6.42 Å². The number of piperidine rings is 1. The summed E-state index contributed by atoms with van der Waals surface area (Å²) in [7, 11) is 3.76. The van der Waals surface area contributed by atoms with Crippen LogP contribution in [-0.4, -0.2) is 50.0 Å². The summed E-state index contributed by atoms with van der Waals surface area (Å²) < 4.78 is 11.1. The highest BCUT2D eigenvalue weighted by molar-refractivity contribution is 5.46. The summed E-state index contributed by atoms with van der Waals surface area (Å²) in [6.45, 7) is 4.47. The number of likely N-dealkylation sites (tertiary alicyclic amines) is 1. The SMILES string of the molecule is CCOc1c(CC2CN(C)CCC2O)cccc1OC. The average Bonchev–Trinajstić information content (AvgIpc) is 2.45. The molecule has 0 aliphatic carbocycles. The van der Waals surface area contributed by atoms with Gasteiger partial charge in [0.1, 0.15) is 0 Å². The molecule has 0 amide bonds. The normalized spacial score (nSPS) is 23.6. The predicted octanol–water partition coefficient (Wildman–Crippen LogP) is 1.95. The second kappa shape index (κ2) is 6.95. The Morgan fingerprint density at radius 3 is 2.90 bits per heavy atom. The van der Waals surface area contributed by atoms with Crippen molar-refractivity contribution in [2.24, 2.45) is 5.92 Å². The van der Waals surface area contributed by atoms with Gasteiger partial charge in [-0.25, -0.2) is 0 Å². The monoisotopic (exact) mass is 279 g/mol. The third-order valence-corrected chi connectivity index (χ3v) is 3.95. The van der Waals surface area contributed by atoms with Gasteiger partial charge in [0.2, 0.25) is 0 Å². The molecule has 2 unspecified atom stereocenters. The van der Waals surface area contributed by atoms with Gasteiger partial charge in [0.25, 0.3) is 0 Å². The Bertz CT molecular complexity index is 436. The van der Waals surface area contributed by atoms with E-state index in [0.29, 0.717) is 6.61 Å². The molecule has 1 saturated heterocycles. The van der Waals surface area contributed by atoms with Crippen LogP contribution in [0.25, 0.3) is 0 Å². The fourth-order valence-electron chi connectivity index (χ4n) is 2.88. The third-order valence-electron chi connectivity index (χ3n) is 3.95. The molecule has 1 aliphatic rings. The van der Waals surface area contributed by atoms with Crippen molar-refractivity contribution in [2.75, 3.05) is 33.9 Å². The number of nitrogens with zero attached hydrogens (tertiary/aromatic N) is 1. The van der Waals surface area contributed by atoms with Gasteiger partial charge in [-0.2, -0.15) is 0 Å². The highest BCUT2D eigenvalue weighted by Crippen LogP contribution is 2.34. The first-order chi connectivity index (χ1) is 9.65. The second-order valence-corrected chi connectivity index (χ2v) is 5.46. The molecular weight excluding hydrogens is 254 g/mol. The van der Waals surface area contributed by atoms with Gasteiger partial charge in [-0.05, 0) is 38.4 Å². The van der Waals surface area contributed by atoms with Crippen LogP contribution in [0.15, 0.2) is 18.2 Å². The molecule has 1 fully saturated rings. The summed E-state index contributed by atoms with van der Waals surface area (Å²) in [6, 6.07) is 5.96. The summed E-state index contributed by atoms with van der Waals surface area (Å²) in [5.74, 6) is 1.83. The zero-order chi connectivity index (χ0) is 14.5. The van der Waals surface area contributed by atoms with E-state index in [0.717, 1.165) is 43.0 Å². The zero-order valence-electron chi connectivity index (χ0n) is 12.6. The predicted molar refractivity (Wildman–Crippen MR) is 79.5 cm³/mol. The molecule has 1 heterocycles. The molecule has 0 saturated carbocycles. The van der Waals surface area contributed by atoms with Gasteiger partial charge < -0.3 is 19.5 Å². The fraction of sp³-hybridized carbons (Fsp3) is 0.625. The maximum Gasteiger partial charge on any atom is 0.164 e. The molecule has 1 aromatic rings. The van der Waals surface area contributed by atoms with Crippen molar-refractivity contribution < 1.29 is 14.6 Å². The molecule has 4 nitrogen and oxygen atoms in total. The van der Waals surface area contributed by atoms with Crippen molar-refractivity contribution in [1.29, 1.82) is 0 Å². The Labute approximate surface area is 121 Å². The largest absolute Gasteiger partial charge is 0.493 e. The summed E-state index contributed by atoms with van der Waals surface area (Å²) in [6.07, 6.45) is 1.43. The summed E-state index contributed by atoms with van der Waals surface area (Å²) >= 11 is 0. The van der Waals surface area contributed by atoms with Gasteiger partial charge in [-0.1, -0.05) is 12.1 Å². The van der Waals surface area contributed by atoms with Gasteiger partial charge >= 0.3 is 0 Å². The first-order valence-electron chi connectivity index (χ1n) is 7.31. The number of methoxy groups -OCH3 is 1. The molecule has 0 aromatic heterocycles. The Balaban J connectivity index is 2.19. The minimum Gasteiger partial charge on any atom is -0.493 e. The summed E-state index contributed by atoms with van der Waals surface area (Å²) in [5.41, 5.74) is 1.12. The lowest BCUT2D eigenvalue weighted by Crippen LogP contribution is -2.42. The zero-order valence-corrected chi connectivity index (χ0v) is 12.6. The Morgan fingerprint density at radius 1 is 1.40 bits per heavy atom. The van der Waals surface area contributed by atoms with Crippen molar-refractivity contribution >= 4 is 0 Å². The van der Waals surface area contributed by atoms with Crippen LogP contribution in [0.3, 0.4) is 0 Å². The standard InChI is InChI=1S/C16H25NO3/c1-4-20-16-12(6-5-7-15(16)19-3)10-13-11-17(2)9-8-14(13)18/h5-7,13-14,18H,4,8-11H2,1-3H3. The number of ether oxygens (including phenoxy) is 2. The van der Waals surface area contributed by atoms with Gasteiger partial charge in [0.15, 0.2) is 11.5 Å². The van der Waals surface area contributed by atoms with Gasteiger partial charge in [-0.3, -0.25) is 0 Å². The van der Waals surface area contributed by atoms with E-state index < -0.39 is 0 Å². The van der Waals surface area contributed by atoms with Crippen LogP contribution in [0.5, 0.6) is 11.5 Å². The van der Waals surface area contributed by atoms with Crippen molar-refractivity contribution in [2.45, 2.75) is 25.9 Å². The molecule has 2 atom stereocenters. The quantitative estimate of drug-likeness (QED) is 0.894. The third kappa shape index (κ3) is 3.44. The number of hydrogen-bond donors (Lipinski definition) is 1. The van der Waals surface area contributed by atoms with Crippen molar-refractivity contribution in [1.82, 2.24) is 4.90 Å². The van der Waals surface area contributed by atoms with Gasteiger partial charge in [0.05, 0.1) is 19.8 Å². The van der Waals surface area contributed by atoms with Crippen molar-refractivity contribution in [3.05, 3.63) is 23.8 Å². The van der Waals surface area contributed by atoms with Crippen LogP contribution in [0.4, 0.5) is 0 Å². The van der Waals surface area contributed by atoms with E-state index in [-0.39, 0.29) is 12.0 Å². The van der Waals surface area contributed by atoms with E-state index in [4.69, 9.17) is 9.47 Å². The smallest absolute Gasteiger partial charge is 0.164 e. The molecule has 0 radical (unpaired) electrons. The van der Waals surface area contributed by atoms with Crippen LogP contribution >= 0.6 is 0 Å². The van der Waals surface area contributed by atoms with E-state index in [1.165, 1.54) is 0 Å². The lowest BCUT2D eigenvalue weighted by molar-refractivity contribution is 0.0363. The first-order valence-corrected chi connectivity index (χ1v) is 7.31. The molecule has 112 valence electrons. The van der Waals surface area contributed by atoms with E-state index >= 15 is 0 Å². The van der Waals surface area contributed by atoms with Crippen LogP contribution in [0.2, 0.25) is 0 Å². The van der Waals surface area contributed by atoms with Crippen molar-refractivity contribution in [3.8, 4) is 11.5 Å². The number of aliphatic hydroxyl groups is 1. The molecule has 1 N–H and O–H groups in total. The molecule has 0 spiro atoms. The van der Waals surface area contributed by atoms with E-state index in [9.17, 15) is 5.11 Å². The molecule has 1 aliphatic heterocycles. The van der Waals surface area contributed by atoms with E-state index in [1.807, 2.05) is 19.1 Å². The Hall–Kier alpha value is -1.26. The van der Waals surface area contributed by atoms with Gasteiger partial charge in [0, 0.05) is 19.0 Å². The number of hydrogen-bond acceptors (Lipinski definition) is 4. The summed E-state index contributed by atoms with van der Waals surface area (Å²) in [5, 5.41) is 10.2. The van der Waals surface area contributed by atoms with E-state index in [1.54, 1.807) is 7.11 Å². The van der Waals surface area contributed by atoms with Crippen LogP contribution in [0.1, 0.15) is 18.9 Å². The lowest BCUT2D eigenvalue weighted by Gasteiger charge is -2.34. The van der Waals surface area contributed by atoms with Crippen molar-refractivity contribution in [3.63, 3.8) is 0 Å². The maximum atomic E-state index is 10.2. The second-order valence-electron chi connectivity index (χ2n) is 5.46. The molecular formula is C16H25NO3. The first kappa shape index (κ1) is 15.1. The van der Waals surface area contributed by atoms with Crippen LogP contribution < -0.4 is 9.47 Å². The highest BCUT2D eigenvalue weighted by atomic mass is 16.5. The Morgan fingerprint density at radius 2 is 2.20 bits per heavy atom. The minimum absolute atomic E-state index is 0.230. The lowest BCUT2D eigenvalue weighted by atomic mass is 9.88. The summed E-state index contributed by atoms with van der Waals surface area (Å²) in [4.78, 5) is 2.28. The van der Waals surface area contributed by atoms with Crippen LogP contribution in [0, 0.1) is 5.92 Å². The number of aliphatic hydroxyl groups excluding tert-OH is 1. The molecule has 0 bridgehead atoms. The maximum absolute atomic E-state index is 10.2. The number of para-hydroxylation sites is 1. The molecule has 20 heavy (non-hydrogen) atoms.